The van der Waals surface area contributed by atoms with E-state index in [2.05, 4.69) is 41.4 Å². The Kier molecular flexibility index (Phi) is 9.41. The van der Waals surface area contributed by atoms with Gasteiger partial charge >= 0.3 is 0 Å². The fourth-order valence-electron chi connectivity index (χ4n) is 4.57. The molecule has 0 aromatic heterocycles. The number of carbonyl (C=O) groups is 1. The van der Waals surface area contributed by atoms with Crippen LogP contribution in [0.5, 0.6) is 5.75 Å². The number of anilines is 1. The summed E-state index contributed by atoms with van der Waals surface area (Å²) in [6.45, 7) is 8.13. The van der Waals surface area contributed by atoms with Crippen LogP contribution in [0.1, 0.15) is 44.6 Å². The number of guanidine groups is 1. The number of para-hydroxylation sites is 2. The fraction of sp³-hybridized carbons (Fsp3) is 0.462. The molecule has 1 saturated heterocycles. The first-order valence-electron chi connectivity index (χ1n) is 11.8. The maximum absolute atomic E-state index is 12.0. The first-order valence-corrected chi connectivity index (χ1v) is 11.8. The molecule has 0 saturated carbocycles. The summed E-state index contributed by atoms with van der Waals surface area (Å²) in [7, 11) is 0. The van der Waals surface area contributed by atoms with E-state index in [9.17, 15) is 4.79 Å². The van der Waals surface area contributed by atoms with E-state index in [-0.39, 0.29) is 30.1 Å². The van der Waals surface area contributed by atoms with Crippen LogP contribution in [0.2, 0.25) is 0 Å². The maximum atomic E-state index is 12.0. The first-order chi connectivity index (χ1) is 15.7. The molecule has 0 bridgehead atoms. The van der Waals surface area contributed by atoms with Crippen LogP contribution < -0.4 is 15.0 Å². The Morgan fingerprint density at radius 2 is 1.94 bits per heavy atom. The quantitative estimate of drug-likeness (QED) is 0.289. The van der Waals surface area contributed by atoms with Crippen molar-refractivity contribution in [3.05, 3.63) is 60.2 Å². The molecule has 6 nitrogen and oxygen atoms in total. The molecule has 0 radical (unpaired) electrons. The maximum Gasteiger partial charge on any atom is 0.222 e. The molecule has 2 aliphatic heterocycles. The Bertz CT molecular complexity index is 937. The fourth-order valence-corrected chi connectivity index (χ4v) is 4.57. The second-order valence-electron chi connectivity index (χ2n) is 8.58. The molecule has 2 aliphatic rings. The van der Waals surface area contributed by atoms with Gasteiger partial charge in [0.1, 0.15) is 11.9 Å². The Morgan fingerprint density at radius 3 is 2.67 bits per heavy atom. The third-order valence-electron chi connectivity index (χ3n) is 6.16. The van der Waals surface area contributed by atoms with Gasteiger partial charge in [-0.2, -0.15) is 0 Å². The average Bonchev–Trinajstić information content (AvgIpc) is 3.39. The second kappa shape index (κ2) is 12.3. The molecule has 33 heavy (non-hydrogen) atoms. The number of halogens is 1. The number of rotatable bonds is 8. The largest absolute Gasteiger partial charge is 0.489 e. The molecule has 2 heterocycles. The van der Waals surface area contributed by atoms with Gasteiger partial charge in [0, 0.05) is 44.2 Å². The van der Waals surface area contributed by atoms with Crippen LogP contribution in [0.3, 0.4) is 0 Å². The highest BCUT2D eigenvalue weighted by Crippen LogP contribution is 2.38. The number of carbonyl (C=O) groups excluding carboxylic acids is 1. The van der Waals surface area contributed by atoms with Gasteiger partial charge in [0.25, 0.3) is 0 Å². The van der Waals surface area contributed by atoms with Crippen molar-refractivity contribution in [1.82, 2.24) is 10.2 Å². The molecular formula is C26H35IN4O2. The van der Waals surface area contributed by atoms with Crippen LogP contribution in [-0.4, -0.2) is 55.6 Å². The van der Waals surface area contributed by atoms with Gasteiger partial charge in [-0.05, 0) is 50.5 Å². The van der Waals surface area contributed by atoms with Gasteiger partial charge in [0.2, 0.25) is 5.91 Å². The number of hydrogen-bond donors (Lipinski definition) is 1. The van der Waals surface area contributed by atoms with E-state index in [1.54, 1.807) is 0 Å². The number of nitrogens with zero attached hydrogens (tertiary/aromatic N) is 3. The van der Waals surface area contributed by atoms with Crippen molar-refractivity contribution in [3.63, 3.8) is 0 Å². The van der Waals surface area contributed by atoms with Gasteiger partial charge in [-0.3, -0.25) is 4.79 Å². The van der Waals surface area contributed by atoms with Gasteiger partial charge in [0.15, 0.2) is 5.96 Å². The average molecular weight is 562 g/mol. The lowest BCUT2D eigenvalue weighted by Gasteiger charge is -2.24. The zero-order valence-corrected chi connectivity index (χ0v) is 21.9. The summed E-state index contributed by atoms with van der Waals surface area (Å²) < 4.78 is 6.01. The van der Waals surface area contributed by atoms with E-state index in [1.165, 1.54) is 11.3 Å². The molecule has 1 amide bonds. The standard InChI is InChI=1S/C26H34N4O2.HI/c1-3-27-26(28-18-20(2)32-22-10-5-4-6-11-22)30-19-21(23-12-7-8-13-24(23)30)15-17-29-16-9-14-25(29)31;/h4-8,10-13,20-21H,3,9,14-19H2,1-2H3,(H,27,28);1H. The SMILES string of the molecule is CCNC(=NCC(C)Oc1ccccc1)N1CC(CCN2CCCC2=O)c2ccccc21.I. The highest BCUT2D eigenvalue weighted by atomic mass is 127. The summed E-state index contributed by atoms with van der Waals surface area (Å²) in [6, 6.07) is 18.5. The zero-order chi connectivity index (χ0) is 22.3. The van der Waals surface area contributed by atoms with Crippen molar-refractivity contribution in [2.75, 3.05) is 37.6 Å². The number of likely N-dealkylation sites (tertiary alicyclic amines) is 1. The van der Waals surface area contributed by atoms with E-state index in [0.29, 0.717) is 24.8 Å². The predicted octanol–water partition coefficient (Wildman–Crippen LogP) is 4.65. The molecule has 0 aliphatic carbocycles. The summed E-state index contributed by atoms with van der Waals surface area (Å²) in [5.74, 6) is 2.45. The summed E-state index contributed by atoms with van der Waals surface area (Å²) in [5, 5.41) is 3.47. The molecule has 1 fully saturated rings. The molecule has 4 rings (SSSR count). The van der Waals surface area contributed by atoms with Crippen molar-refractivity contribution >= 4 is 41.5 Å². The third-order valence-corrected chi connectivity index (χ3v) is 6.16. The Hall–Kier alpha value is -2.29. The molecule has 2 aromatic rings. The highest BCUT2D eigenvalue weighted by molar-refractivity contribution is 14.0. The van der Waals surface area contributed by atoms with Crippen molar-refractivity contribution in [2.24, 2.45) is 4.99 Å². The lowest BCUT2D eigenvalue weighted by Crippen LogP contribution is -2.41. The molecule has 2 unspecified atom stereocenters. The molecule has 2 aromatic carbocycles. The number of nitrogens with one attached hydrogen (secondary N) is 1. The Morgan fingerprint density at radius 1 is 1.18 bits per heavy atom. The normalized spacial score (nSPS) is 18.7. The third kappa shape index (κ3) is 6.40. The Labute approximate surface area is 214 Å². The number of ether oxygens (including phenoxy) is 1. The lowest BCUT2D eigenvalue weighted by molar-refractivity contribution is -0.127. The van der Waals surface area contributed by atoms with Gasteiger partial charge in [-0.1, -0.05) is 36.4 Å². The van der Waals surface area contributed by atoms with Crippen molar-refractivity contribution in [1.29, 1.82) is 0 Å². The molecule has 178 valence electrons. The zero-order valence-electron chi connectivity index (χ0n) is 19.6. The first kappa shape index (κ1) is 25.3. The Balaban J connectivity index is 0.00000306. The topological polar surface area (TPSA) is 57.2 Å². The van der Waals surface area contributed by atoms with Crippen LogP contribution in [-0.2, 0) is 4.79 Å². The van der Waals surface area contributed by atoms with Crippen LogP contribution in [0.4, 0.5) is 5.69 Å². The number of benzene rings is 2. The van der Waals surface area contributed by atoms with E-state index in [0.717, 1.165) is 50.7 Å². The van der Waals surface area contributed by atoms with Crippen LogP contribution in [0, 0.1) is 0 Å². The van der Waals surface area contributed by atoms with Crippen LogP contribution >= 0.6 is 24.0 Å². The lowest BCUT2D eigenvalue weighted by atomic mass is 9.98. The minimum atomic E-state index is -0.0270. The minimum absolute atomic E-state index is 0. The van der Waals surface area contributed by atoms with Crippen molar-refractivity contribution in [2.45, 2.75) is 45.1 Å². The van der Waals surface area contributed by atoms with Crippen LogP contribution in [0.15, 0.2) is 59.6 Å². The van der Waals surface area contributed by atoms with E-state index in [4.69, 9.17) is 9.73 Å². The monoisotopic (exact) mass is 562 g/mol. The number of hydrogen-bond acceptors (Lipinski definition) is 3. The summed E-state index contributed by atoms with van der Waals surface area (Å²) in [6.07, 6.45) is 2.65. The van der Waals surface area contributed by atoms with Gasteiger partial charge < -0.3 is 19.9 Å². The van der Waals surface area contributed by atoms with Gasteiger partial charge in [0.05, 0.1) is 6.54 Å². The van der Waals surface area contributed by atoms with Crippen molar-refractivity contribution < 1.29 is 9.53 Å². The molecule has 0 spiro atoms. The smallest absolute Gasteiger partial charge is 0.222 e. The van der Waals surface area contributed by atoms with Crippen molar-refractivity contribution in [3.8, 4) is 5.75 Å². The summed E-state index contributed by atoms with van der Waals surface area (Å²) in [5.41, 5.74) is 2.56. The van der Waals surface area contributed by atoms with Gasteiger partial charge in [-0.15, -0.1) is 24.0 Å². The number of aliphatic imine (C=N–C) groups is 1. The second-order valence-corrected chi connectivity index (χ2v) is 8.58. The molecule has 1 N–H and O–H groups in total. The molecule has 2 atom stereocenters. The van der Waals surface area contributed by atoms with E-state index in [1.807, 2.05) is 42.2 Å². The summed E-state index contributed by atoms with van der Waals surface area (Å²) >= 11 is 0. The van der Waals surface area contributed by atoms with Crippen LogP contribution in [0.25, 0.3) is 0 Å². The summed E-state index contributed by atoms with van der Waals surface area (Å²) in [4.78, 5) is 21.3. The van der Waals surface area contributed by atoms with E-state index >= 15 is 0 Å². The molecular weight excluding hydrogens is 527 g/mol. The van der Waals surface area contributed by atoms with Gasteiger partial charge in [-0.25, -0.2) is 4.99 Å². The highest BCUT2D eigenvalue weighted by Gasteiger charge is 2.32. The molecule has 7 heteroatoms. The minimum Gasteiger partial charge on any atom is -0.489 e. The number of fused-ring (bicyclic) bond motifs is 1. The predicted molar refractivity (Wildman–Crippen MR) is 145 cm³/mol. The van der Waals surface area contributed by atoms with E-state index < -0.39 is 0 Å². The number of amides is 1.